The highest BCUT2D eigenvalue weighted by Gasteiger charge is 2.30. The molecule has 5 heteroatoms. The number of nitrogens with zero attached hydrogens (tertiary/aromatic N) is 3. The van der Waals surface area contributed by atoms with Crippen molar-refractivity contribution in [3.05, 3.63) is 77.6 Å². The van der Waals surface area contributed by atoms with Crippen LogP contribution in [0.2, 0.25) is 0 Å². The molecule has 27 heavy (non-hydrogen) atoms. The molecule has 4 aromatic rings. The molecule has 0 fully saturated rings. The van der Waals surface area contributed by atoms with Gasteiger partial charge in [-0.15, -0.1) is 0 Å². The minimum absolute atomic E-state index is 0.118. The minimum Gasteiger partial charge on any atom is -0.436 e. The lowest BCUT2D eigenvalue weighted by Gasteiger charge is -2.20. The average Bonchev–Trinajstić information content (AvgIpc) is 3.06. The van der Waals surface area contributed by atoms with Crippen LogP contribution >= 0.6 is 0 Å². The van der Waals surface area contributed by atoms with Crippen LogP contribution in [0.3, 0.4) is 0 Å². The van der Waals surface area contributed by atoms with Crippen LogP contribution in [0.4, 0.5) is 0 Å². The average molecular weight is 352 g/mol. The van der Waals surface area contributed by atoms with Gasteiger partial charge in [0, 0.05) is 35.1 Å². The van der Waals surface area contributed by atoms with Gasteiger partial charge in [-0.3, -0.25) is 0 Å². The van der Waals surface area contributed by atoms with E-state index in [-0.39, 0.29) is 6.85 Å². The molecule has 0 N–H and O–H groups in total. The zero-order valence-electron chi connectivity index (χ0n) is 15.3. The van der Waals surface area contributed by atoms with Crippen molar-refractivity contribution in [1.29, 1.82) is 0 Å². The van der Waals surface area contributed by atoms with Gasteiger partial charge in [0.05, 0.1) is 0 Å². The number of aryl methyl sites for hydroxylation is 1. The number of hydrogen-bond donors (Lipinski definition) is 0. The van der Waals surface area contributed by atoms with E-state index in [4.69, 9.17) is 4.42 Å². The monoisotopic (exact) mass is 352 g/mol. The Morgan fingerprint density at radius 3 is 2.74 bits per heavy atom. The predicted octanol–water partition coefficient (Wildman–Crippen LogP) is 1.22. The van der Waals surface area contributed by atoms with Crippen LogP contribution in [0.5, 0.6) is 0 Å². The summed E-state index contributed by atoms with van der Waals surface area (Å²) in [7, 11) is 4.18. The van der Waals surface area contributed by atoms with Gasteiger partial charge in [-0.1, -0.05) is 36.3 Å². The van der Waals surface area contributed by atoms with E-state index in [9.17, 15) is 0 Å². The third-order valence-electron chi connectivity index (χ3n) is 5.22. The molecule has 0 saturated heterocycles. The van der Waals surface area contributed by atoms with Gasteiger partial charge in [0.15, 0.2) is 17.2 Å². The molecule has 0 saturated carbocycles. The molecule has 0 atom stereocenters. The quantitative estimate of drug-likeness (QED) is 0.402. The molecule has 0 spiro atoms. The van der Waals surface area contributed by atoms with E-state index in [0.717, 1.165) is 16.0 Å². The highest BCUT2D eigenvalue weighted by molar-refractivity contribution is 6.82. The maximum Gasteiger partial charge on any atom is 0.396 e. The van der Waals surface area contributed by atoms with Crippen molar-refractivity contribution in [2.45, 2.75) is 0 Å². The molecular formula is C22H19BN3O+. The summed E-state index contributed by atoms with van der Waals surface area (Å²) in [4.78, 5) is 6.54. The Bertz CT molecular complexity index is 1260. The molecule has 0 aliphatic carbocycles. The van der Waals surface area contributed by atoms with Gasteiger partial charge in [-0.2, -0.15) is 0 Å². The molecular weight excluding hydrogens is 333 g/mol. The topological polar surface area (TPSA) is 33.2 Å². The largest absolute Gasteiger partial charge is 0.436 e. The Labute approximate surface area is 157 Å². The third kappa shape index (κ3) is 2.63. The van der Waals surface area contributed by atoms with Crippen molar-refractivity contribution in [1.82, 2.24) is 9.79 Å². The maximum atomic E-state index is 5.92. The molecule has 1 aliphatic rings. The molecule has 5 rings (SSSR count). The Balaban J connectivity index is 1.69. The number of rotatable bonds is 2. The van der Waals surface area contributed by atoms with Crippen molar-refractivity contribution < 1.29 is 8.98 Å². The Morgan fingerprint density at radius 1 is 1.04 bits per heavy atom. The maximum absolute atomic E-state index is 5.92. The molecule has 130 valence electrons. The van der Waals surface area contributed by atoms with E-state index in [1.807, 2.05) is 12.1 Å². The van der Waals surface area contributed by atoms with E-state index in [0.29, 0.717) is 5.71 Å². The van der Waals surface area contributed by atoms with Crippen LogP contribution in [0.25, 0.3) is 34.4 Å². The van der Waals surface area contributed by atoms with Crippen LogP contribution in [0, 0.1) is 0 Å². The molecule has 1 aromatic carbocycles. The first-order valence-corrected chi connectivity index (χ1v) is 9.05. The Kier molecular flexibility index (Phi) is 3.61. The zero-order chi connectivity index (χ0) is 18.4. The lowest BCUT2D eigenvalue weighted by atomic mass is 9.55. The van der Waals surface area contributed by atoms with Crippen molar-refractivity contribution in [2.24, 2.45) is 7.05 Å². The van der Waals surface area contributed by atoms with Gasteiger partial charge in [-0.25, -0.2) is 9.55 Å². The van der Waals surface area contributed by atoms with Gasteiger partial charge in [0.2, 0.25) is 5.71 Å². The van der Waals surface area contributed by atoms with Crippen molar-refractivity contribution in [3.8, 4) is 11.1 Å². The lowest BCUT2D eigenvalue weighted by molar-refractivity contribution is -0.654. The van der Waals surface area contributed by atoms with E-state index in [1.165, 1.54) is 16.7 Å². The summed E-state index contributed by atoms with van der Waals surface area (Å²) in [6.45, 7) is 0.118. The smallest absolute Gasteiger partial charge is 0.396 e. The summed E-state index contributed by atoms with van der Waals surface area (Å²) in [5, 5.41) is 2.18. The molecule has 3 aromatic heterocycles. The number of hydrogen-bond acceptors (Lipinski definition) is 3. The van der Waals surface area contributed by atoms with Gasteiger partial charge in [0.1, 0.15) is 7.05 Å². The van der Waals surface area contributed by atoms with Gasteiger partial charge in [0.25, 0.3) is 0 Å². The minimum atomic E-state index is 0.118. The summed E-state index contributed by atoms with van der Waals surface area (Å²) < 4.78 is 8.11. The molecule has 4 nitrogen and oxygen atoms in total. The number of benzene rings is 1. The van der Waals surface area contributed by atoms with Gasteiger partial charge >= 0.3 is 6.85 Å². The first-order chi connectivity index (χ1) is 13.2. The van der Waals surface area contributed by atoms with E-state index >= 15 is 0 Å². The second-order valence-electron chi connectivity index (χ2n) is 6.96. The highest BCUT2D eigenvalue weighted by Crippen LogP contribution is 2.17. The Morgan fingerprint density at radius 2 is 1.89 bits per heavy atom. The van der Waals surface area contributed by atoms with E-state index in [2.05, 4.69) is 89.3 Å². The second kappa shape index (κ2) is 6.13. The fourth-order valence-corrected chi connectivity index (χ4v) is 3.76. The summed E-state index contributed by atoms with van der Waals surface area (Å²) in [6, 6.07) is 18.9. The van der Waals surface area contributed by atoms with Crippen molar-refractivity contribution in [2.75, 3.05) is 7.05 Å². The molecule has 0 amide bonds. The fraction of sp³-hybridized carbons (Fsp3) is 0.0909. The molecule has 0 bridgehead atoms. The van der Waals surface area contributed by atoms with Crippen molar-refractivity contribution >= 4 is 35.7 Å². The van der Waals surface area contributed by atoms with Crippen LogP contribution in [0.15, 0.2) is 71.4 Å². The SMILES string of the molecule is CN1C=c2oc3ncccc3c2=CB1c1cc(-c2ccccc2)cc[n+]1C. The first-order valence-electron chi connectivity index (χ1n) is 9.05. The van der Waals surface area contributed by atoms with Crippen molar-refractivity contribution in [3.63, 3.8) is 0 Å². The summed E-state index contributed by atoms with van der Waals surface area (Å²) >= 11 is 0. The second-order valence-corrected chi connectivity index (χ2v) is 6.96. The number of fused-ring (bicyclic) bond motifs is 3. The molecule has 0 radical (unpaired) electrons. The molecule has 4 heterocycles. The zero-order valence-corrected chi connectivity index (χ0v) is 15.3. The molecule has 1 aliphatic heterocycles. The van der Waals surface area contributed by atoms with E-state index in [1.54, 1.807) is 6.20 Å². The van der Waals surface area contributed by atoms with Crippen LogP contribution in [-0.4, -0.2) is 23.7 Å². The first kappa shape index (κ1) is 15.9. The van der Waals surface area contributed by atoms with E-state index < -0.39 is 0 Å². The summed E-state index contributed by atoms with van der Waals surface area (Å²) in [5.74, 6) is 2.27. The standard InChI is InChI=1S/C22H19BN3O/c1-25-12-10-17(16-7-4-3-5-8-16)13-21(25)23-14-19-18-9-6-11-24-22(18)27-20(19)15-26(23)2/h3-15H,1-2H3/q+1. The summed E-state index contributed by atoms with van der Waals surface area (Å²) in [6.07, 6.45) is 5.96. The lowest BCUT2D eigenvalue weighted by Crippen LogP contribution is -2.60. The van der Waals surface area contributed by atoms with Crippen LogP contribution in [0.1, 0.15) is 0 Å². The third-order valence-corrected chi connectivity index (χ3v) is 5.22. The van der Waals surface area contributed by atoms with Crippen LogP contribution in [-0.2, 0) is 7.05 Å². The predicted molar refractivity (Wildman–Crippen MR) is 108 cm³/mol. The summed E-state index contributed by atoms with van der Waals surface area (Å²) in [5.41, 5.74) is 5.21. The highest BCUT2D eigenvalue weighted by atomic mass is 16.3. The van der Waals surface area contributed by atoms with Gasteiger partial charge in [-0.05, 0) is 30.3 Å². The van der Waals surface area contributed by atoms with Gasteiger partial charge < -0.3 is 9.23 Å². The fourth-order valence-electron chi connectivity index (χ4n) is 3.76. The normalized spacial score (nSPS) is 13.3. The molecule has 0 unspecified atom stereocenters. The Hall–Kier alpha value is -3.34. The number of furan rings is 1. The number of pyridine rings is 2. The van der Waals surface area contributed by atoms with Crippen LogP contribution < -0.4 is 20.8 Å². The number of aromatic nitrogens is 2.